The lowest BCUT2D eigenvalue weighted by Crippen LogP contribution is -2.47. The van der Waals surface area contributed by atoms with Crippen molar-refractivity contribution < 1.29 is 4.79 Å². The fourth-order valence-electron chi connectivity index (χ4n) is 2.16. The third kappa shape index (κ3) is 2.15. The minimum atomic E-state index is -0.00426. The fourth-order valence-corrected chi connectivity index (χ4v) is 3.15. The third-order valence-corrected chi connectivity index (χ3v) is 4.44. The summed E-state index contributed by atoms with van der Waals surface area (Å²) in [5.41, 5.74) is 7.11. The van der Waals surface area contributed by atoms with Crippen molar-refractivity contribution in [3.05, 3.63) is 17.3 Å². The molecule has 0 aromatic carbocycles. The Bertz CT molecular complexity index is 618. The van der Waals surface area contributed by atoms with E-state index in [2.05, 4.69) is 21.9 Å². The van der Waals surface area contributed by atoms with Gasteiger partial charge in [0, 0.05) is 38.6 Å². The Labute approximate surface area is 114 Å². The van der Waals surface area contributed by atoms with Gasteiger partial charge in [0.15, 0.2) is 0 Å². The van der Waals surface area contributed by atoms with E-state index in [9.17, 15) is 4.79 Å². The summed E-state index contributed by atoms with van der Waals surface area (Å²) in [6.45, 7) is 3.27. The van der Waals surface area contributed by atoms with Crippen molar-refractivity contribution >= 4 is 33.3 Å². The number of nitrogens with two attached hydrogens (primary N) is 1. The Kier molecular flexibility index (Phi) is 3.08. The van der Waals surface area contributed by atoms with Crippen LogP contribution in [0.1, 0.15) is 9.67 Å². The number of hydrogen-bond acceptors (Lipinski definition) is 6. The van der Waals surface area contributed by atoms with Crippen molar-refractivity contribution in [2.45, 2.75) is 0 Å². The standard InChI is InChI=1S/C12H15N5OS/c1-16-4-6-17(7-5-16)12(18)10-8(13)9-11(19-10)15-3-2-14-9/h2-3H,4-7,13H2,1H3. The highest BCUT2D eigenvalue weighted by atomic mass is 32.1. The maximum Gasteiger partial charge on any atom is 0.266 e. The highest BCUT2D eigenvalue weighted by Crippen LogP contribution is 2.31. The molecular weight excluding hydrogens is 262 g/mol. The van der Waals surface area contributed by atoms with E-state index in [1.165, 1.54) is 11.3 Å². The highest BCUT2D eigenvalue weighted by Gasteiger charge is 2.25. The first kappa shape index (κ1) is 12.3. The summed E-state index contributed by atoms with van der Waals surface area (Å²) in [7, 11) is 2.06. The number of amides is 1. The number of piperazine rings is 1. The van der Waals surface area contributed by atoms with Gasteiger partial charge in [-0.3, -0.25) is 4.79 Å². The topological polar surface area (TPSA) is 75.3 Å². The van der Waals surface area contributed by atoms with Crippen molar-refractivity contribution in [2.75, 3.05) is 39.0 Å². The summed E-state index contributed by atoms with van der Waals surface area (Å²) in [5, 5.41) is 0. The van der Waals surface area contributed by atoms with Gasteiger partial charge >= 0.3 is 0 Å². The Morgan fingerprint density at radius 3 is 2.63 bits per heavy atom. The molecule has 0 spiro atoms. The number of fused-ring (bicyclic) bond motifs is 1. The SMILES string of the molecule is CN1CCN(C(=O)c2sc3nccnc3c2N)CC1. The van der Waals surface area contributed by atoms with Crippen LogP contribution in [-0.4, -0.2) is 58.9 Å². The smallest absolute Gasteiger partial charge is 0.266 e. The van der Waals surface area contributed by atoms with Gasteiger partial charge in [-0.05, 0) is 7.05 Å². The average molecular weight is 277 g/mol. The van der Waals surface area contributed by atoms with Gasteiger partial charge in [0.25, 0.3) is 5.91 Å². The monoisotopic (exact) mass is 277 g/mol. The molecule has 2 aromatic rings. The summed E-state index contributed by atoms with van der Waals surface area (Å²) >= 11 is 1.32. The third-order valence-electron chi connectivity index (χ3n) is 3.35. The zero-order valence-corrected chi connectivity index (χ0v) is 11.5. The predicted molar refractivity (Wildman–Crippen MR) is 75.2 cm³/mol. The zero-order chi connectivity index (χ0) is 13.4. The van der Waals surface area contributed by atoms with Crippen LogP contribution in [0, 0.1) is 0 Å². The normalized spacial score (nSPS) is 17.0. The number of nitrogen functional groups attached to an aromatic ring is 1. The molecule has 2 aromatic heterocycles. The van der Waals surface area contributed by atoms with E-state index in [1.807, 2.05) is 4.90 Å². The van der Waals surface area contributed by atoms with E-state index in [0.717, 1.165) is 31.0 Å². The van der Waals surface area contributed by atoms with Crippen molar-refractivity contribution in [1.82, 2.24) is 19.8 Å². The molecule has 3 rings (SSSR count). The average Bonchev–Trinajstić information content (AvgIpc) is 2.77. The number of aromatic nitrogens is 2. The van der Waals surface area contributed by atoms with E-state index in [0.29, 0.717) is 16.1 Å². The summed E-state index contributed by atoms with van der Waals surface area (Å²) in [6, 6.07) is 0. The van der Waals surface area contributed by atoms with Crippen LogP contribution < -0.4 is 5.73 Å². The summed E-state index contributed by atoms with van der Waals surface area (Å²) in [4.78, 5) is 26.2. The Hall–Kier alpha value is -1.73. The first-order chi connectivity index (χ1) is 9.16. The number of carbonyl (C=O) groups excluding carboxylic acids is 1. The number of nitrogens with zero attached hydrogens (tertiary/aromatic N) is 4. The molecule has 1 aliphatic rings. The number of rotatable bonds is 1. The molecule has 1 amide bonds. The van der Waals surface area contributed by atoms with Crippen LogP contribution in [0.15, 0.2) is 12.4 Å². The minimum Gasteiger partial charge on any atom is -0.396 e. The van der Waals surface area contributed by atoms with E-state index < -0.39 is 0 Å². The van der Waals surface area contributed by atoms with E-state index in [-0.39, 0.29) is 5.91 Å². The molecule has 1 fully saturated rings. The molecule has 0 bridgehead atoms. The van der Waals surface area contributed by atoms with E-state index in [1.54, 1.807) is 12.4 Å². The first-order valence-electron chi connectivity index (χ1n) is 6.13. The van der Waals surface area contributed by atoms with Crippen LogP contribution in [0.2, 0.25) is 0 Å². The Morgan fingerprint density at radius 1 is 1.26 bits per heavy atom. The lowest BCUT2D eigenvalue weighted by Gasteiger charge is -2.32. The van der Waals surface area contributed by atoms with Crippen LogP contribution in [0.4, 0.5) is 5.69 Å². The molecule has 0 radical (unpaired) electrons. The van der Waals surface area contributed by atoms with Crippen molar-refractivity contribution in [2.24, 2.45) is 0 Å². The molecule has 6 nitrogen and oxygen atoms in total. The van der Waals surface area contributed by atoms with E-state index >= 15 is 0 Å². The molecular formula is C12H15N5OS. The van der Waals surface area contributed by atoms with Gasteiger partial charge < -0.3 is 15.5 Å². The maximum atomic E-state index is 12.5. The molecule has 1 saturated heterocycles. The number of hydrogen-bond donors (Lipinski definition) is 1. The molecule has 1 aliphatic heterocycles. The van der Waals surface area contributed by atoms with Gasteiger partial charge in [0.05, 0.1) is 5.69 Å². The molecule has 0 atom stereocenters. The van der Waals surface area contributed by atoms with Crippen LogP contribution >= 0.6 is 11.3 Å². The van der Waals surface area contributed by atoms with Gasteiger partial charge in [0.2, 0.25) is 0 Å². The van der Waals surface area contributed by atoms with Crippen molar-refractivity contribution in [3.8, 4) is 0 Å². The molecule has 0 aliphatic carbocycles. The summed E-state index contributed by atoms with van der Waals surface area (Å²) in [5.74, 6) is -0.00426. The van der Waals surface area contributed by atoms with Gasteiger partial charge in [0.1, 0.15) is 15.2 Å². The summed E-state index contributed by atoms with van der Waals surface area (Å²) < 4.78 is 0. The second-order valence-electron chi connectivity index (χ2n) is 4.65. The molecule has 7 heteroatoms. The van der Waals surface area contributed by atoms with E-state index in [4.69, 9.17) is 5.73 Å². The van der Waals surface area contributed by atoms with Crippen LogP contribution in [0.3, 0.4) is 0 Å². The van der Waals surface area contributed by atoms with Gasteiger partial charge in [-0.15, -0.1) is 11.3 Å². The maximum absolute atomic E-state index is 12.5. The van der Waals surface area contributed by atoms with Crippen LogP contribution in [0.25, 0.3) is 10.3 Å². The largest absolute Gasteiger partial charge is 0.396 e. The highest BCUT2D eigenvalue weighted by molar-refractivity contribution is 7.21. The number of carbonyl (C=O) groups is 1. The molecule has 0 unspecified atom stereocenters. The fraction of sp³-hybridized carbons (Fsp3) is 0.417. The van der Waals surface area contributed by atoms with Crippen molar-refractivity contribution in [1.29, 1.82) is 0 Å². The number of thiophene rings is 1. The van der Waals surface area contributed by atoms with Gasteiger partial charge in [-0.2, -0.15) is 0 Å². The van der Waals surface area contributed by atoms with Crippen LogP contribution in [0.5, 0.6) is 0 Å². The molecule has 3 heterocycles. The second kappa shape index (κ2) is 4.75. The summed E-state index contributed by atoms with van der Waals surface area (Å²) in [6.07, 6.45) is 3.21. The van der Waals surface area contributed by atoms with Gasteiger partial charge in [-0.1, -0.05) is 0 Å². The van der Waals surface area contributed by atoms with Crippen LogP contribution in [-0.2, 0) is 0 Å². The van der Waals surface area contributed by atoms with Gasteiger partial charge in [-0.25, -0.2) is 9.97 Å². The second-order valence-corrected chi connectivity index (χ2v) is 5.65. The van der Waals surface area contributed by atoms with Crippen molar-refractivity contribution in [3.63, 3.8) is 0 Å². The Balaban J connectivity index is 1.91. The molecule has 2 N–H and O–H groups in total. The number of likely N-dealkylation sites (N-methyl/N-ethyl adjacent to an activating group) is 1. The zero-order valence-electron chi connectivity index (χ0n) is 10.7. The minimum absolute atomic E-state index is 0.00426. The molecule has 0 saturated carbocycles. The Morgan fingerprint density at radius 2 is 1.95 bits per heavy atom. The quantitative estimate of drug-likeness (QED) is 0.829. The lowest BCUT2D eigenvalue weighted by molar-refractivity contribution is 0.0670. The first-order valence-corrected chi connectivity index (χ1v) is 6.95. The molecule has 19 heavy (non-hydrogen) atoms. The predicted octanol–water partition coefficient (Wildman–Crippen LogP) is 0.661. The number of anilines is 1. The lowest BCUT2D eigenvalue weighted by atomic mass is 10.3. The molecule has 100 valence electrons.